The van der Waals surface area contributed by atoms with Crippen molar-refractivity contribution in [1.29, 1.82) is 0 Å². The Kier molecular flexibility index (Phi) is 5.92. The SMILES string of the molecule is O=C1CCCc2cc(OCCCCN3CCCCC3)ccc2N1. The maximum atomic E-state index is 11.6. The second-order valence-corrected chi connectivity index (χ2v) is 6.68. The van der Waals surface area contributed by atoms with Crippen LogP contribution in [0.15, 0.2) is 18.2 Å². The van der Waals surface area contributed by atoms with Crippen LogP contribution in [0.2, 0.25) is 0 Å². The Bertz CT molecular complexity index is 524. The fraction of sp³-hybridized carbons (Fsp3) is 0.632. The monoisotopic (exact) mass is 316 g/mol. The Morgan fingerprint density at radius 3 is 2.78 bits per heavy atom. The first-order chi connectivity index (χ1) is 11.3. The van der Waals surface area contributed by atoms with Crippen molar-refractivity contribution in [3.05, 3.63) is 23.8 Å². The van der Waals surface area contributed by atoms with E-state index in [4.69, 9.17) is 4.74 Å². The largest absolute Gasteiger partial charge is 0.494 e. The van der Waals surface area contributed by atoms with Gasteiger partial charge in [0.05, 0.1) is 6.61 Å². The highest BCUT2D eigenvalue weighted by molar-refractivity contribution is 5.92. The van der Waals surface area contributed by atoms with Crippen LogP contribution in [0.5, 0.6) is 5.75 Å². The predicted octanol–water partition coefficient (Wildman–Crippen LogP) is 3.61. The lowest BCUT2D eigenvalue weighted by molar-refractivity contribution is -0.116. The van der Waals surface area contributed by atoms with E-state index in [1.807, 2.05) is 12.1 Å². The highest BCUT2D eigenvalue weighted by Gasteiger charge is 2.13. The number of amides is 1. The van der Waals surface area contributed by atoms with Crippen LogP contribution < -0.4 is 10.1 Å². The number of hydrogen-bond donors (Lipinski definition) is 1. The zero-order valence-electron chi connectivity index (χ0n) is 14.0. The third-order valence-electron chi connectivity index (χ3n) is 4.79. The maximum Gasteiger partial charge on any atom is 0.224 e. The van der Waals surface area contributed by atoms with Gasteiger partial charge < -0.3 is 15.0 Å². The molecule has 0 spiro atoms. The van der Waals surface area contributed by atoms with Gasteiger partial charge in [-0.1, -0.05) is 6.42 Å². The molecule has 0 saturated carbocycles. The molecule has 2 heterocycles. The van der Waals surface area contributed by atoms with E-state index in [1.54, 1.807) is 0 Å². The van der Waals surface area contributed by atoms with E-state index in [0.29, 0.717) is 6.42 Å². The lowest BCUT2D eigenvalue weighted by atomic mass is 10.1. The molecule has 0 aliphatic carbocycles. The van der Waals surface area contributed by atoms with Crippen molar-refractivity contribution in [2.24, 2.45) is 0 Å². The summed E-state index contributed by atoms with van der Waals surface area (Å²) in [5, 5.41) is 2.96. The van der Waals surface area contributed by atoms with Crippen LogP contribution in [0, 0.1) is 0 Å². The van der Waals surface area contributed by atoms with Crippen molar-refractivity contribution in [1.82, 2.24) is 4.90 Å². The van der Waals surface area contributed by atoms with Gasteiger partial charge in [-0.3, -0.25) is 4.79 Å². The number of ether oxygens (including phenoxy) is 1. The molecule has 1 amide bonds. The van der Waals surface area contributed by atoms with Crippen LogP contribution in [0.25, 0.3) is 0 Å². The Hall–Kier alpha value is -1.55. The Morgan fingerprint density at radius 1 is 1.04 bits per heavy atom. The van der Waals surface area contributed by atoms with Crippen molar-refractivity contribution in [3.8, 4) is 5.75 Å². The standard InChI is InChI=1S/C19H28N2O2/c22-19-8-6-7-16-15-17(9-10-18(16)20-19)23-14-5-4-13-21-11-2-1-3-12-21/h9-10,15H,1-8,11-14H2,(H,20,22). The van der Waals surface area contributed by atoms with Crippen molar-refractivity contribution < 1.29 is 9.53 Å². The summed E-state index contributed by atoms with van der Waals surface area (Å²) in [6.45, 7) is 4.54. The molecule has 1 N–H and O–H groups in total. The van der Waals surface area contributed by atoms with Crippen LogP contribution in [0.4, 0.5) is 5.69 Å². The number of unbranched alkanes of at least 4 members (excludes halogenated alkanes) is 1. The second-order valence-electron chi connectivity index (χ2n) is 6.68. The van der Waals surface area contributed by atoms with Gasteiger partial charge in [0.15, 0.2) is 0 Å². The fourth-order valence-electron chi connectivity index (χ4n) is 3.45. The highest BCUT2D eigenvalue weighted by atomic mass is 16.5. The molecule has 0 bridgehead atoms. The number of carbonyl (C=O) groups excluding carboxylic acids is 1. The van der Waals surface area contributed by atoms with Crippen molar-refractivity contribution in [2.45, 2.75) is 51.4 Å². The molecule has 1 fully saturated rings. The molecule has 1 aromatic carbocycles. The highest BCUT2D eigenvalue weighted by Crippen LogP contribution is 2.26. The van der Waals surface area contributed by atoms with E-state index in [0.717, 1.165) is 37.3 Å². The molecule has 3 rings (SSSR count). The number of anilines is 1. The van der Waals surface area contributed by atoms with Crippen LogP contribution in [-0.4, -0.2) is 37.0 Å². The van der Waals surface area contributed by atoms with Gasteiger partial charge in [-0.15, -0.1) is 0 Å². The first kappa shape index (κ1) is 16.3. The van der Waals surface area contributed by atoms with Crippen molar-refractivity contribution >= 4 is 11.6 Å². The molecule has 0 aromatic heterocycles. The molecule has 0 unspecified atom stereocenters. The average Bonchev–Trinajstić information content (AvgIpc) is 2.76. The molecular formula is C19H28N2O2. The van der Waals surface area contributed by atoms with Gasteiger partial charge in [0.2, 0.25) is 5.91 Å². The van der Waals surface area contributed by atoms with Crippen LogP contribution in [0.3, 0.4) is 0 Å². The average molecular weight is 316 g/mol. The number of carbonyl (C=O) groups is 1. The minimum absolute atomic E-state index is 0.120. The predicted molar refractivity (Wildman–Crippen MR) is 93.0 cm³/mol. The van der Waals surface area contributed by atoms with Crippen molar-refractivity contribution in [2.75, 3.05) is 31.6 Å². The number of benzene rings is 1. The van der Waals surface area contributed by atoms with Gasteiger partial charge in [-0.2, -0.15) is 0 Å². The zero-order valence-corrected chi connectivity index (χ0v) is 14.0. The van der Waals surface area contributed by atoms with Gasteiger partial charge in [0.1, 0.15) is 5.75 Å². The summed E-state index contributed by atoms with van der Waals surface area (Å²) in [5.74, 6) is 1.05. The quantitative estimate of drug-likeness (QED) is 0.815. The van der Waals surface area contributed by atoms with E-state index in [1.165, 1.54) is 50.9 Å². The molecule has 1 saturated heterocycles. The first-order valence-corrected chi connectivity index (χ1v) is 9.09. The van der Waals surface area contributed by atoms with Crippen LogP contribution >= 0.6 is 0 Å². The van der Waals surface area contributed by atoms with E-state index in [-0.39, 0.29) is 5.91 Å². The maximum absolute atomic E-state index is 11.6. The topological polar surface area (TPSA) is 41.6 Å². The van der Waals surface area contributed by atoms with E-state index < -0.39 is 0 Å². The summed E-state index contributed by atoms with van der Waals surface area (Å²) in [6, 6.07) is 6.03. The molecule has 0 atom stereocenters. The molecule has 126 valence electrons. The lowest BCUT2D eigenvalue weighted by Gasteiger charge is -2.26. The van der Waals surface area contributed by atoms with E-state index in [2.05, 4.69) is 16.3 Å². The minimum atomic E-state index is 0.120. The minimum Gasteiger partial charge on any atom is -0.494 e. The molecule has 4 heteroatoms. The van der Waals surface area contributed by atoms with E-state index >= 15 is 0 Å². The van der Waals surface area contributed by atoms with Crippen LogP contribution in [-0.2, 0) is 11.2 Å². The summed E-state index contributed by atoms with van der Waals surface area (Å²) in [4.78, 5) is 14.1. The Balaban J connectivity index is 1.40. The van der Waals surface area contributed by atoms with Crippen molar-refractivity contribution in [3.63, 3.8) is 0 Å². The Morgan fingerprint density at radius 2 is 1.91 bits per heavy atom. The summed E-state index contributed by atoms with van der Waals surface area (Å²) in [6.07, 6.45) is 8.91. The number of rotatable bonds is 6. The number of nitrogens with zero attached hydrogens (tertiary/aromatic N) is 1. The summed E-state index contributed by atoms with van der Waals surface area (Å²) >= 11 is 0. The summed E-state index contributed by atoms with van der Waals surface area (Å²) in [7, 11) is 0. The lowest BCUT2D eigenvalue weighted by Crippen LogP contribution is -2.30. The smallest absolute Gasteiger partial charge is 0.224 e. The zero-order chi connectivity index (χ0) is 15.9. The summed E-state index contributed by atoms with van der Waals surface area (Å²) < 4.78 is 5.90. The Labute approximate surface area is 139 Å². The molecular weight excluding hydrogens is 288 g/mol. The first-order valence-electron chi connectivity index (χ1n) is 9.09. The van der Waals surface area contributed by atoms with E-state index in [9.17, 15) is 4.79 Å². The molecule has 2 aliphatic heterocycles. The van der Waals surface area contributed by atoms with Gasteiger partial charge in [0.25, 0.3) is 0 Å². The molecule has 1 aromatic rings. The molecule has 0 radical (unpaired) electrons. The van der Waals surface area contributed by atoms with Gasteiger partial charge in [0, 0.05) is 12.1 Å². The van der Waals surface area contributed by atoms with Gasteiger partial charge in [-0.25, -0.2) is 0 Å². The molecule has 23 heavy (non-hydrogen) atoms. The third kappa shape index (κ3) is 4.96. The van der Waals surface area contributed by atoms with Crippen LogP contribution in [0.1, 0.15) is 50.5 Å². The molecule has 4 nitrogen and oxygen atoms in total. The summed E-state index contributed by atoms with van der Waals surface area (Å²) in [5.41, 5.74) is 2.15. The number of hydrogen-bond acceptors (Lipinski definition) is 3. The number of likely N-dealkylation sites (tertiary alicyclic amines) is 1. The number of nitrogens with one attached hydrogen (secondary N) is 1. The van der Waals surface area contributed by atoms with Gasteiger partial charge >= 0.3 is 0 Å². The second kappa shape index (κ2) is 8.34. The third-order valence-corrected chi connectivity index (χ3v) is 4.79. The number of piperidine rings is 1. The number of fused-ring (bicyclic) bond motifs is 1. The molecule has 2 aliphatic rings. The van der Waals surface area contributed by atoms with Gasteiger partial charge in [-0.05, 0) is 81.9 Å². The fourth-order valence-corrected chi connectivity index (χ4v) is 3.45. The number of aryl methyl sites for hydroxylation is 1. The normalized spacial score (nSPS) is 18.9.